The van der Waals surface area contributed by atoms with Crippen molar-refractivity contribution in [3.63, 3.8) is 0 Å². The van der Waals surface area contributed by atoms with Crippen molar-refractivity contribution >= 4 is 17.3 Å². The van der Waals surface area contributed by atoms with Gasteiger partial charge in [-0.3, -0.25) is 14.4 Å². The minimum atomic E-state index is 0.280. The molecule has 0 spiro atoms. The van der Waals surface area contributed by atoms with Crippen molar-refractivity contribution < 1.29 is 14.4 Å². The van der Waals surface area contributed by atoms with Crippen LogP contribution in [-0.4, -0.2) is 17.3 Å². The van der Waals surface area contributed by atoms with Crippen molar-refractivity contribution in [1.29, 1.82) is 0 Å². The summed E-state index contributed by atoms with van der Waals surface area (Å²) >= 11 is 0. The van der Waals surface area contributed by atoms with E-state index in [2.05, 4.69) is 48.5 Å². The summed E-state index contributed by atoms with van der Waals surface area (Å²) in [5.74, 6) is 2.89. The molecule has 0 aromatic heterocycles. The predicted molar refractivity (Wildman–Crippen MR) is 155 cm³/mol. The molecule has 0 N–H and O–H groups in total. The average molecular weight is 515 g/mol. The lowest BCUT2D eigenvalue weighted by atomic mass is 9.76. The number of benzene rings is 2. The van der Waals surface area contributed by atoms with Gasteiger partial charge in [0.25, 0.3) is 0 Å². The molecule has 0 atom stereocenters. The molecule has 2 aromatic rings. The van der Waals surface area contributed by atoms with Gasteiger partial charge in [0.05, 0.1) is 0 Å². The van der Waals surface area contributed by atoms with Crippen LogP contribution in [0.4, 0.5) is 0 Å². The van der Waals surface area contributed by atoms with Crippen molar-refractivity contribution in [3.8, 4) is 0 Å². The van der Waals surface area contributed by atoms with Gasteiger partial charge in [-0.1, -0.05) is 62.4 Å². The van der Waals surface area contributed by atoms with Crippen LogP contribution in [-0.2, 0) is 27.2 Å². The number of ketones is 3. The van der Waals surface area contributed by atoms with E-state index in [9.17, 15) is 14.4 Å². The number of aryl methyl sites for hydroxylation is 2. The van der Waals surface area contributed by atoms with E-state index >= 15 is 0 Å². The zero-order chi connectivity index (χ0) is 26.9. The second-order valence-electron chi connectivity index (χ2n) is 11.8. The van der Waals surface area contributed by atoms with Crippen LogP contribution in [0.25, 0.3) is 0 Å². The number of Topliss-reactive ketones (excluding diaryl/α,β-unsaturated/α-hetero) is 3. The molecule has 4 rings (SSSR count). The molecule has 3 heteroatoms. The Balaban J connectivity index is 1.16. The fourth-order valence-electron chi connectivity index (χ4n) is 6.68. The van der Waals surface area contributed by atoms with E-state index < -0.39 is 0 Å². The largest absolute Gasteiger partial charge is 0.300 e. The summed E-state index contributed by atoms with van der Waals surface area (Å²) in [4.78, 5) is 36.5. The highest BCUT2D eigenvalue weighted by atomic mass is 16.1. The van der Waals surface area contributed by atoms with E-state index in [4.69, 9.17) is 0 Å². The Morgan fingerprint density at radius 2 is 0.895 bits per heavy atom. The highest BCUT2D eigenvalue weighted by Gasteiger charge is 2.27. The van der Waals surface area contributed by atoms with Crippen molar-refractivity contribution in [3.05, 3.63) is 70.8 Å². The van der Waals surface area contributed by atoms with E-state index in [-0.39, 0.29) is 11.8 Å². The Morgan fingerprint density at radius 1 is 0.553 bits per heavy atom. The van der Waals surface area contributed by atoms with Crippen LogP contribution < -0.4 is 0 Å². The molecule has 0 heterocycles. The molecule has 2 fully saturated rings. The molecule has 204 valence electrons. The monoisotopic (exact) mass is 514 g/mol. The van der Waals surface area contributed by atoms with Gasteiger partial charge in [-0.25, -0.2) is 0 Å². The average Bonchev–Trinajstić information content (AvgIpc) is 2.99. The molecule has 0 amide bonds. The molecule has 2 aromatic carbocycles. The molecule has 2 aliphatic carbocycles. The number of rotatable bonds is 12. The summed E-state index contributed by atoms with van der Waals surface area (Å²) in [6.07, 6.45) is 12.7. The second-order valence-corrected chi connectivity index (χ2v) is 11.8. The van der Waals surface area contributed by atoms with Gasteiger partial charge in [0, 0.05) is 37.5 Å². The molecule has 0 bridgehead atoms. The lowest BCUT2D eigenvalue weighted by Gasteiger charge is -2.28. The van der Waals surface area contributed by atoms with Crippen LogP contribution in [0.15, 0.2) is 48.5 Å². The molecule has 38 heavy (non-hydrogen) atoms. The van der Waals surface area contributed by atoms with E-state index in [1.807, 2.05) is 13.8 Å². The second kappa shape index (κ2) is 14.0. The zero-order valence-electron chi connectivity index (χ0n) is 23.6. The fraction of sp³-hybridized carbons (Fsp3) is 0.571. The molecule has 0 saturated heterocycles. The van der Waals surface area contributed by atoms with Crippen LogP contribution in [0.2, 0.25) is 0 Å². The van der Waals surface area contributed by atoms with Crippen LogP contribution in [0, 0.1) is 11.8 Å². The molecule has 2 saturated carbocycles. The van der Waals surface area contributed by atoms with Gasteiger partial charge in [0.1, 0.15) is 17.3 Å². The quantitative estimate of drug-likeness (QED) is 0.286. The number of carbonyl (C=O) groups excluding carboxylic acids is 3. The van der Waals surface area contributed by atoms with E-state index in [0.29, 0.717) is 54.9 Å². The fourth-order valence-corrected chi connectivity index (χ4v) is 6.68. The summed E-state index contributed by atoms with van der Waals surface area (Å²) in [6, 6.07) is 17.7. The summed E-state index contributed by atoms with van der Waals surface area (Å²) in [7, 11) is 0. The molecule has 0 aliphatic heterocycles. The zero-order valence-corrected chi connectivity index (χ0v) is 23.6. The first-order chi connectivity index (χ1) is 18.5. The summed E-state index contributed by atoms with van der Waals surface area (Å²) < 4.78 is 0. The predicted octanol–water partition coefficient (Wildman–Crippen LogP) is 8.33. The van der Waals surface area contributed by atoms with E-state index in [0.717, 1.165) is 64.2 Å². The third-order valence-electron chi connectivity index (χ3n) is 9.35. The first-order valence-corrected chi connectivity index (χ1v) is 15.2. The molecule has 2 aliphatic rings. The highest BCUT2D eigenvalue weighted by Crippen LogP contribution is 2.37. The minimum Gasteiger partial charge on any atom is -0.300 e. The Bertz CT molecular complexity index is 964. The van der Waals surface area contributed by atoms with Gasteiger partial charge in [-0.05, 0) is 98.3 Å². The maximum atomic E-state index is 12.6. The van der Waals surface area contributed by atoms with Gasteiger partial charge in [0.2, 0.25) is 0 Å². The lowest BCUT2D eigenvalue weighted by Crippen LogP contribution is -2.20. The maximum absolute atomic E-state index is 12.6. The summed E-state index contributed by atoms with van der Waals surface area (Å²) in [5.41, 5.74) is 5.23. The molecular formula is C35H46O3. The Hall–Kier alpha value is -2.55. The summed E-state index contributed by atoms with van der Waals surface area (Å²) in [6.45, 7) is 3.95. The Morgan fingerprint density at radius 3 is 1.21 bits per heavy atom. The van der Waals surface area contributed by atoms with Crippen molar-refractivity contribution in [2.75, 3.05) is 0 Å². The number of hydrogen-bond acceptors (Lipinski definition) is 3. The highest BCUT2D eigenvalue weighted by molar-refractivity contribution is 5.81. The van der Waals surface area contributed by atoms with Gasteiger partial charge in [0.15, 0.2) is 0 Å². The Labute approximate surface area is 229 Å². The van der Waals surface area contributed by atoms with Crippen molar-refractivity contribution in [2.45, 2.75) is 116 Å². The normalized spacial score (nSPS) is 23.6. The first-order valence-electron chi connectivity index (χ1n) is 15.2. The molecule has 0 unspecified atom stereocenters. The van der Waals surface area contributed by atoms with Gasteiger partial charge in [-0.15, -0.1) is 0 Å². The smallest absolute Gasteiger partial charge is 0.135 e. The number of hydrogen-bond donors (Lipinski definition) is 0. The van der Waals surface area contributed by atoms with E-state index in [1.54, 1.807) is 0 Å². The lowest BCUT2D eigenvalue weighted by molar-refractivity contribution is -0.124. The van der Waals surface area contributed by atoms with Crippen LogP contribution in [0.5, 0.6) is 0 Å². The van der Waals surface area contributed by atoms with Crippen LogP contribution in [0.1, 0.15) is 125 Å². The van der Waals surface area contributed by atoms with Crippen LogP contribution >= 0.6 is 0 Å². The van der Waals surface area contributed by atoms with Gasteiger partial charge >= 0.3 is 0 Å². The SMILES string of the molecule is CCC(=O)C1CCC(c2ccc(CCC(=O)CCc3ccc(C4CCC(C(=O)CC)CC4)cc3)cc2)CC1. The van der Waals surface area contributed by atoms with E-state index in [1.165, 1.54) is 22.3 Å². The maximum Gasteiger partial charge on any atom is 0.135 e. The topological polar surface area (TPSA) is 51.2 Å². The first kappa shape index (κ1) is 28.5. The molecular weight excluding hydrogens is 468 g/mol. The third-order valence-corrected chi connectivity index (χ3v) is 9.35. The standard InChI is InChI=1S/C35H46O3/c1-3-34(37)31-19-15-29(16-20-31)27-11-5-25(6-12-27)9-23-33(36)24-10-26-7-13-28(14-8-26)30-17-21-32(22-18-30)35(38)4-2/h5-8,11-14,29-32H,3-4,9-10,15-24H2,1-2H3. The third kappa shape index (κ3) is 7.74. The molecule has 3 nitrogen and oxygen atoms in total. The van der Waals surface area contributed by atoms with Crippen molar-refractivity contribution in [2.24, 2.45) is 11.8 Å². The van der Waals surface area contributed by atoms with Gasteiger partial charge < -0.3 is 0 Å². The number of carbonyl (C=O) groups is 3. The van der Waals surface area contributed by atoms with Gasteiger partial charge in [-0.2, -0.15) is 0 Å². The van der Waals surface area contributed by atoms with Crippen LogP contribution in [0.3, 0.4) is 0 Å². The summed E-state index contributed by atoms with van der Waals surface area (Å²) in [5, 5.41) is 0. The minimum absolute atomic E-state index is 0.280. The molecule has 0 radical (unpaired) electrons. The Kier molecular flexibility index (Phi) is 10.5. The van der Waals surface area contributed by atoms with Crippen molar-refractivity contribution in [1.82, 2.24) is 0 Å².